The standard InChI is InChI=1S/C38H24O.C20H15BO2.C19H11F3O4S/c1-3-13-25(14-4-1)27-21-11-23-33-37-32(22-12-24-34(37)39-38(27)33)36-30-19-9-7-17-28(30)35(26-15-5-2-6-16-26)29-18-8-10-20-31(29)36;22-21(23)20-17-12-6-4-10-15(17)19(14-8-2-1-3-9-14)16-11-5-7-13-18(16)20;20-19(21,22)27(23,24)26-16-11-5-10-15-17(16)14-9-4-8-13(18(14)25-15)12-6-2-1-3-7-12/h1-24H;1-13,22-23H;1-11H/i2D,5D,6D,15D,16D;1D,2D,3D,8D,9D;. The van der Waals surface area contributed by atoms with Crippen molar-refractivity contribution in [1.82, 2.24) is 0 Å². The van der Waals surface area contributed by atoms with Gasteiger partial charge in [0.2, 0.25) is 0 Å². The van der Waals surface area contributed by atoms with Crippen molar-refractivity contribution in [3.63, 3.8) is 0 Å². The summed E-state index contributed by atoms with van der Waals surface area (Å²) in [7, 11) is -7.51. The molecule has 0 aliphatic heterocycles. The Morgan fingerprint density at radius 3 is 1.16 bits per heavy atom. The van der Waals surface area contributed by atoms with Crippen LogP contribution in [0.2, 0.25) is 0 Å². The fourth-order valence-electron chi connectivity index (χ4n) is 11.9. The molecule has 0 bridgehead atoms. The highest BCUT2D eigenvalue weighted by Gasteiger charge is 2.49. The summed E-state index contributed by atoms with van der Waals surface area (Å²) >= 11 is 0. The maximum atomic E-state index is 12.7. The first-order valence-electron chi connectivity index (χ1n) is 33.0. The Morgan fingerprint density at radius 2 is 0.719 bits per heavy atom. The highest BCUT2D eigenvalue weighted by molar-refractivity contribution is 7.88. The predicted octanol–water partition coefficient (Wildman–Crippen LogP) is 19.7. The Labute approximate surface area is 523 Å². The van der Waals surface area contributed by atoms with E-state index in [2.05, 4.69) is 40.6 Å². The number of alkyl halides is 3. The minimum atomic E-state index is -5.79. The molecular formula is C77H50BF3O7S. The molecule has 0 spiro atoms. The predicted molar refractivity (Wildman–Crippen MR) is 357 cm³/mol. The maximum Gasteiger partial charge on any atom is 0.534 e. The average molecular weight is 1200 g/mol. The summed E-state index contributed by atoms with van der Waals surface area (Å²) < 4.78 is 161. The molecule has 430 valence electrons. The van der Waals surface area contributed by atoms with Gasteiger partial charge in [-0.3, -0.25) is 0 Å². The van der Waals surface area contributed by atoms with E-state index in [0.717, 1.165) is 82.9 Å². The van der Waals surface area contributed by atoms with Crippen LogP contribution >= 0.6 is 0 Å². The number of fused-ring (bicyclic) bond motifs is 10. The summed E-state index contributed by atoms with van der Waals surface area (Å²) in [6.45, 7) is 0. The van der Waals surface area contributed by atoms with Crippen LogP contribution < -0.4 is 9.65 Å². The zero-order valence-electron chi connectivity index (χ0n) is 56.5. The normalized spacial score (nSPS) is 13.3. The Bertz CT molecular complexity index is 5920. The molecule has 12 heteroatoms. The van der Waals surface area contributed by atoms with Crippen LogP contribution in [0.15, 0.2) is 300 Å². The highest BCUT2D eigenvalue weighted by Crippen LogP contribution is 2.48. The van der Waals surface area contributed by atoms with Gasteiger partial charge in [0.15, 0.2) is 5.75 Å². The monoisotopic (exact) mass is 1200 g/mol. The van der Waals surface area contributed by atoms with Gasteiger partial charge in [0, 0.05) is 27.3 Å². The van der Waals surface area contributed by atoms with Crippen LogP contribution in [-0.4, -0.2) is 31.1 Å². The van der Waals surface area contributed by atoms with Gasteiger partial charge >= 0.3 is 22.7 Å². The van der Waals surface area contributed by atoms with E-state index < -0.39 is 52.7 Å². The van der Waals surface area contributed by atoms with Crippen LogP contribution in [-0.2, 0) is 10.1 Å². The van der Waals surface area contributed by atoms with Gasteiger partial charge in [0.1, 0.15) is 22.3 Å². The third kappa shape index (κ3) is 10.2. The molecule has 2 aromatic heterocycles. The molecule has 16 aromatic rings. The molecule has 16 rings (SSSR count). The zero-order valence-corrected chi connectivity index (χ0v) is 47.3. The summed E-state index contributed by atoms with van der Waals surface area (Å²) in [4.78, 5) is 0. The molecule has 0 radical (unpaired) electrons. The van der Waals surface area contributed by atoms with Crippen LogP contribution in [0.4, 0.5) is 13.2 Å². The van der Waals surface area contributed by atoms with E-state index >= 15 is 0 Å². The molecule has 0 unspecified atom stereocenters. The van der Waals surface area contributed by atoms with Crippen molar-refractivity contribution in [2.24, 2.45) is 0 Å². The molecule has 0 saturated heterocycles. The minimum absolute atomic E-state index is 0.0948. The number of hydrogen-bond acceptors (Lipinski definition) is 7. The van der Waals surface area contributed by atoms with Crippen LogP contribution in [0.25, 0.3) is 143 Å². The third-order valence-corrected chi connectivity index (χ3v) is 16.6. The lowest BCUT2D eigenvalue weighted by molar-refractivity contribution is -0.0499. The van der Waals surface area contributed by atoms with Crippen molar-refractivity contribution in [2.75, 3.05) is 0 Å². The van der Waals surface area contributed by atoms with Crippen molar-refractivity contribution in [3.05, 3.63) is 291 Å². The molecule has 0 fully saturated rings. The van der Waals surface area contributed by atoms with Gasteiger partial charge in [0.25, 0.3) is 0 Å². The highest BCUT2D eigenvalue weighted by atomic mass is 32.2. The summed E-state index contributed by atoms with van der Waals surface area (Å²) in [5.41, 5.74) is 4.17. The van der Waals surface area contributed by atoms with Crippen LogP contribution in [0.1, 0.15) is 13.7 Å². The van der Waals surface area contributed by atoms with E-state index in [1.807, 2.05) is 115 Å². The number of hydrogen-bond donors (Lipinski definition) is 2. The summed E-state index contributed by atoms with van der Waals surface area (Å²) in [5.74, 6) is -0.436. The quantitative estimate of drug-likeness (QED) is 0.0675. The van der Waals surface area contributed by atoms with Crippen LogP contribution in [0.5, 0.6) is 5.75 Å². The number of para-hydroxylation sites is 2. The van der Waals surface area contributed by atoms with E-state index in [-0.39, 0.29) is 58.4 Å². The fraction of sp³-hybridized carbons (Fsp3) is 0.0130. The number of furan rings is 2. The summed E-state index contributed by atoms with van der Waals surface area (Å²) in [5, 5.41) is 28.4. The molecule has 0 amide bonds. The molecular weight excluding hydrogens is 1140 g/mol. The number of rotatable bonds is 8. The Balaban J connectivity index is 0.000000133. The fourth-order valence-corrected chi connectivity index (χ4v) is 12.4. The van der Waals surface area contributed by atoms with Crippen molar-refractivity contribution in [3.8, 4) is 61.4 Å². The van der Waals surface area contributed by atoms with Gasteiger partial charge in [-0.25, -0.2) is 0 Å². The van der Waals surface area contributed by atoms with Crippen molar-refractivity contribution >= 4 is 110 Å². The first-order chi connectivity index (χ1) is 47.6. The van der Waals surface area contributed by atoms with E-state index in [4.69, 9.17) is 22.5 Å². The molecule has 0 aliphatic carbocycles. The summed E-state index contributed by atoms with van der Waals surface area (Å²) in [6, 6.07) is 67.6. The molecule has 14 aromatic carbocycles. The summed E-state index contributed by atoms with van der Waals surface area (Å²) in [6.07, 6.45) is 0. The molecule has 7 nitrogen and oxygen atoms in total. The Hall–Kier alpha value is -10.8. The van der Waals surface area contributed by atoms with E-state index in [1.54, 1.807) is 60.7 Å². The molecule has 89 heavy (non-hydrogen) atoms. The average Bonchev–Trinajstić information content (AvgIpc) is 1.27. The largest absolute Gasteiger partial charge is 0.534 e. The second-order valence-corrected chi connectivity index (χ2v) is 22.2. The molecule has 2 N–H and O–H groups in total. The van der Waals surface area contributed by atoms with Crippen LogP contribution in [0.3, 0.4) is 0 Å². The first-order valence-corrected chi connectivity index (χ1v) is 29.4. The molecule has 0 saturated carbocycles. The van der Waals surface area contributed by atoms with Gasteiger partial charge in [0.05, 0.1) is 19.1 Å². The van der Waals surface area contributed by atoms with Crippen LogP contribution in [0, 0.1) is 0 Å². The SMILES string of the molecule is O=S(=O)(Oc1cccc2oc3c(-c4ccccc4)cccc3c12)C(F)(F)F.[2H]c1c([2H])c([2H])c(-c2c3ccccc3c(-c3cccc4oc5c(-c6ccccc6)cccc5c34)c3ccccc23)c([2H])c1[2H].[2H]c1c([2H])c([2H])c(-c2c3ccccc3c(B(O)O)c3ccccc23)c([2H])c1[2H]. The second-order valence-electron chi connectivity index (χ2n) is 20.7. The Morgan fingerprint density at radius 1 is 0.371 bits per heavy atom. The molecule has 0 atom stereocenters. The maximum absolute atomic E-state index is 12.7. The number of benzene rings is 14. The van der Waals surface area contributed by atoms with Crippen molar-refractivity contribution in [2.45, 2.75) is 5.51 Å². The van der Waals surface area contributed by atoms with Gasteiger partial charge in [-0.15, -0.1) is 0 Å². The minimum Gasteiger partial charge on any atom is -0.455 e. The molecule has 2 heterocycles. The topological polar surface area (TPSA) is 110 Å². The molecule has 0 aliphatic rings. The lowest BCUT2D eigenvalue weighted by Gasteiger charge is -2.18. The van der Waals surface area contributed by atoms with Gasteiger partial charge in [-0.2, -0.15) is 21.6 Å². The zero-order chi connectivity index (χ0) is 69.5. The smallest absolute Gasteiger partial charge is 0.455 e. The van der Waals surface area contributed by atoms with Gasteiger partial charge in [-0.05, 0) is 111 Å². The van der Waals surface area contributed by atoms with Crippen molar-refractivity contribution < 1.29 is 58.4 Å². The lowest BCUT2D eigenvalue weighted by Crippen LogP contribution is -2.31. The third-order valence-electron chi connectivity index (χ3n) is 15.6. The van der Waals surface area contributed by atoms with Gasteiger partial charge in [-0.1, -0.05) is 273 Å². The first kappa shape index (κ1) is 45.5. The lowest BCUT2D eigenvalue weighted by atomic mass is 9.72. The van der Waals surface area contributed by atoms with E-state index in [9.17, 15) is 31.6 Å². The van der Waals surface area contributed by atoms with Crippen molar-refractivity contribution in [1.29, 1.82) is 0 Å². The van der Waals surface area contributed by atoms with E-state index in [1.165, 1.54) is 12.1 Å². The second kappa shape index (κ2) is 23.2. The Kier molecular flexibility index (Phi) is 11.9. The number of halogens is 3. The van der Waals surface area contributed by atoms with Gasteiger partial charge < -0.3 is 23.1 Å². The van der Waals surface area contributed by atoms with E-state index in [0.29, 0.717) is 49.1 Å².